The van der Waals surface area contributed by atoms with Crippen LogP contribution in [0.1, 0.15) is 17.9 Å². The minimum Gasteiger partial charge on any atom is -0.492 e. The molecule has 19 heavy (non-hydrogen) atoms. The Balaban J connectivity index is 0.00000133. The minimum atomic E-state index is -0.253. The molecule has 1 aliphatic heterocycles. The molecule has 102 valence electrons. The van der Waals surface area contributed by atoms with Gasteiger partial charge in [0, 0.05) is 18.0 Å². The lowest BCUT2D eigenvalue weighted by atomic mass is 9.96. The minimum absolute atomic E-state index is 0. The summed E-state index contributed by atoms with van der Waals surface area (Å²) in [4.78, 5) is 0.946. The summed E-state index contributed by atoms with van der Waals surface area (Å²) in [5.41, 5.74) is 1.81. The van der Waals surface area contributed by atoms with Gasteiger partial charge in [0.1, 0.15) is 5.82 Å². The van der Waals surface area contributed by atoms with Gasteiger partial charge in [-0.2, -0.15) is 4.37 Å². The molecule has 1 aliphatic rings. The molecule has 3 nitrogen and oxygen atoms in total. The molecule has 1 atom stereocenters. The molecule has 0 radical (unpaired) electrons. The summed E-state index contributed by atoms with van der Waals surface area (Å²) in [6.45, 7) is 1.82. The van der Waals surface area contributed by atoms with E-state index in [0.717, 1.165) is 35.5 Å². The quantitative estimate of drug-likeness (QED) is 0.878. The van der Waals surface area contributed by atoms with Crippen molar-refractivity contribution in [3.8, 4) is 16.3 Å². The van der Waals surface area contributed by atoms with Crippen molar-refractivity contribution in [3.63, 3.8) is 0 Å². The molecule has 2 N–H and O–H groups in total. The number of nitrogens with zero attached hydrogens (tertiary/aromatic N) is 1. The van der Waals surface area contributed by atoms with Crippen LogP contribution in [0.3, 0.4) is 0 Å². The number of hydrogen-bond donors (Lipinski definition) is 2. The van der Waals surface area contributed by atoms with E-state index in [1.807, 2.05) is 0 Å². The van der Waals surface area contributed by atoms with Crippen LogP contribution in [0.4, 0.5) is 4.39 Å². The summed E-state index contributed by atoms with van der Waals surface area (Å²) in [5, 5.41) is 13.2. The molecule has 0 amide bonds. The highest BCUT2D eigenvalue weighted by atomic mass is 79.9. The van der Waals surface area contributed by atoms with E-state index in [1.54, 1.807) is 12.1 Å². The first-order valence-electron chi connectivity index (χ1n) is 5.91. The lowest BCUT2D eigenvalue weighted by molar-refractivity contribution is 0.448. The van der Waals surface area contributed by atoms with Crippen LogP contribution in [0.25, 0.3) is 10.4 Å². The van der Waals surface area contributed by atoms with Crippen molar-refractivity contribution in [3.05, 3.63) is 35.6 Å². The first kappa shape index (κ1) is 14.4. The van der Waals surface area contributed by atoms with Crippen LogP contribution in [-0.2, 0) is 0 Å². The van der Waals surface area contributed by atoms with Crippen molar-refractivity contribution in [2.24, 2.45) is 0 Å². The third kappa shape index (κ3) is 2.80. The van der Waals surface area contributed by atoms with Crippen molar-refractivity contribution < 1.29 is 9.50 Å². The first-order chi connectivity index (χ1) is 8.75. The molecule has 0 saturated carbocycles. The second kappa shape index (κ2) is 5.98. The number of benzene rings is 1. The van der Waals surface area contributed by atoms with Crippen LogP contribution in [0, 0.1) is 5.82 Å². The summed E-state index contributed by atoms with van der Waals surface area (Å²) in [5.74, 6) is 0.161. The van der Waals surface area contributed by atoms with Gasteiger partial charge >= 0.3 is 0 Å². The van der Waals surface area contributed by atoms with Crippen molar-refractivity contribution in [2.45, 2.75) is 12.3 Å². The molecule has 0 spiro atoms. The highest BCUT2D eigenvalue weighted by molar-refractivity contribution is 8.93. The van der Waals surface area contributed by atoms with Crippen molar-refractivity contribution in [2.75, 3.05) is 13.1 Å². The monoisotopic (exact) mass is 344 g/mol. The maximum absolute atomic E-state index is 12.9. The van der Waals surface area contributed by atoms with E-state index < -0.39 is 0 Å². The van der Waals surface area contributed by atoms with E-state index >= 15 is 0 Å². The summed E-state index contributed by atoms with van der Waals surface area (Å²) in [7, 11) is 0. The zero-order valence-electron chi connectivity index (χ0n) is 10.1. The average Bonchev–Trinajstić information content (AvgIpc) is 2.99. The van der Waals surface area contributed by atoms with Crippen molar-refractivity contribution in [1.29, 1.82) is 0 Å². The van der Waals surface area contributed by atoms with Crippen LogP contribution in [0.2, 0.25) is 0 Å². The summed E-state index contributed by atoms with van der Waals surface area (Å²) in [6.07, 6.45) is 1.00. The average molecular weight is 345 g/mol. The van der Waals surface area contributed by atoms with E-state index in [0.29, 0.717) is 5.92 Å². The van der Waals surface area contributed by atoms with E-state index in [9.17, 15) is 9.50 Å². The maximum Gasteiger partial charge on any atom is 0.226 e. The van der Waals surface area contributed by atoms with Gasteiger partial charge in [-0.15, -0.1) is 17.0 Å². The molecule has 2 heterocycles. The van der Waals surface area contributed by atoms with Crippen LogP contribution in [0.5, 0.6) is 5.88 Å². The number of aromatic nitrogens is 1. The van der Waals surface area contributed by atoms with Gasteiger partial charge in [0.15, 0.2) is 0 Å². The number of nitrogens with one attached hydrogen (secondary N) is 1. The molecular formula is C13H14BrFN2OS. The Labute approximate surface area is 125 Å². The molecule has 0 aliphatic carbocycles. The summed E-state index contributed by atoms with van der Waals surface area (Å²) in [6, 6.07) is 6.33. The summed E-state index contributed by atoms with van der Waals surface area (Å²) >= 11 is 1.27. The number of halogens is 2. The van der Waals surface area contributed by atoms with E-state index in [-0.39, 0.29) is 28.7 Å². The molecule has 6 heteroatoms. The van der Waals surface area contributed by atoms with Gasteiger partial charge in [0.05, 0.1) is 4.88 Å². The predicted molar refractivity (Wildman–Crippen MR) is 79.7 cm³/mol. The highest BCUT2D eigenvalue weighted by Crippen LogP contribution is 2.40. The van der Waals surface area contributed by atoms with Crippen molar-refractivity contribution in [1.82, 2.24) is 9.69 Å². The summed E-state index contributed by atoms with van der Waals surface area (Å²) < 4.78 is 17.0. The molecule has 1 saturated heterocycles. The maximum atomic E-state index is 12.9. The van der Waals surface area contributed by atoms with E-state index in [4.69, 9.17) is 0 Å². The molecule has 1 unspecified atom stereocenters. The van der Waals surface area contributed by atoms with Gasteiger partial charge in [-0.1, -0.05) is 12.1 Å². The van der Waals surface area contributed by atoms with Gasteiger partial charge in [-0.3, -0.25) is 0 Å². The Morgan fingerprint density at radius 1 is 1.32 bits per heavy atom. The van der Waals surface area contributed by atoms with E-state index in [2.05, 4.69) is 9.69 Å². The fraction of sp³-hybridized carbons (Fsp3) is 0.308. The van der Waals surface area contributed by atoms with Crippen LogP contribution >= 0.6 is 28.5 Å². The third-order valence-corrected chi connectivity index (χ3v) is 4.19. The Kier molecular flexibility index (Phi) is 4.54. The van der Waals surface area contributed by atoms with Gasteiger partial charge in [-0.05, 0) is 42.2 Å². The Hall–Kier alpha value is -0.980. The Morgan fingerprint density at radius 2 is 2.05 bits per heavy atom. The topological polar surface area (TPSA) is 45.2 Å². The normalized spacial score (nSPS) is 18.3. The van der Waals surface area contributed by atoms with Gasteiger partial charge in [0.25, 0.3) is 0 Å². The smallest absolute Gasteiger partial charge is 0.226 e. The lowest BCUT2D eigenvalue weighted by Crippen LogP contribution is -2.08. The zero-order chi connectivity index (χ0) is 12.5. The molecule has 1 aromatic heterocycles. The highest BCUT2D eigenvalue weighted by Gasteiger charge is 2.26. The third-order valence-electron chi connectivity index (χ3n) is 3.28. The SMILES string of the molecule is Br.Oc1nsc(-c2ccc(F)cc2)c1C1CCNC1. The standard InChI is InChI=1S/C13H13FN2OS.BrH/c14-10-3-1-8(2-4-10)12-11(13(17)16-18-12)9-5-6-15-7-9;/h1-4,9,15H,5-7H2,(H,16,17);1H. The molecule has 1 aromatic carbocycles. The van der Waals surface area contributed by atoms with Crippen molar-refractivity contribution >= 4 is 28.5 Å². The number of rotatable bonds is 2. The second-order valence-corrected chi connectivity index (χ2v) is 5.22. The molecular weight excluding hydrogens is 331 g/mol. The largest absolute Gasteiger partial charge is 0.492 e. The van der Waals surface area contributed by atoms with Gasteiger partial charge in [0.2, 0.25) is 5.88 Å². The van der Waals surface area contributed by atoms with Gasteiger partial charge < -0.3 is 10.4 Å². The number of hydrogen-bond acceptors (Lipinski definition) is 4. The van der Waals surface area contributed by atoms with E-state index in [1.165, 1.54) is 23.7 Å². The number of aromatic hydroxyl groups is 1. The first-order valence-corrected chi connectivity index (χ1v) is 6.68. The van der Waals surface area contributed by atoms with Crippen LogP contribution in [-0.4, -0.2) is 22.6 Å². The lowest BCUT2D eigenvalue weighted by Gasteiger charge is -2.09. The zero-order valence-corrected chi connectivity index (χ0v) is 12.6. The van der Waals surface area contributed by atoms with Crippen LogP contribution < -0.4 is 5.32 Å². The Bertz CT molecular complexity index is 552. The predicted octanol–water partition coefficient (Wildman–Crippen LogP) is 3.31. The fourth-order valence-corrected chi connectivity index (χ4v) is 3.24. The second-order valence-electron chi connectivity index (χ2n) is 4.45. The molecule has 0 bridgehead atoms. The molecule has 3 rings (SSSR count). The Morgan fingerprint density at radius 3 is 2.68 bits per heavy atom. The molecule has 2 aromatic rings. The fourth-order valence-electron chi connectivity index (χ4n) is 2.37. The van der Waals surface area contributed by atoms with Crippen LogP contribution in [0.15, 0.2) is 24.3 Å². The van der Waals surface area contributed by atoms with Gasteiger partial charge in [-0.25, -0.2) is 4.39 Å². The molecule has 1 fully saturated rings.